The second-order valence-corrected chi connectivity index (χ2v) is 3.82. The van der Waals surface area contributed by atoms with E-state index in [9.17, 15) is 14.9 Å². The van der Waals surface area contributed by atoms with Crippen LogP contribution >= 0.6 is 0 Å². The van der Waals surface area contributed by atoms with Crippen LogP contribution in [-0.4, -0.2) is 30.6 Å². The zero-order valence-corrected chi connectivity index (χ0v) is 9.33. The molecule has 1 aliphatic heterocycles. The van der Waals surface area contributed by atoms with E-state index < -0.39 is 11.2 Å². The molecule has 1 aliphatic rings. The van der Waals surface area contributed by atoms with Crippen molar-refractivity contribution in [2.24, 2.45) is 0 Å². The molecule has 0 amide bonds. The Morgan fingerprint density at radius 1 is 1.59 bits per heavy atom. The molecule has 0 bridgehead atoms. The normalized spacial score (nSPS) is 19.4. The van der Waals surface area contributed by atoms with Gasteiger partial charge in [-0.05, 0) is 18.6 Å². The zero-order valence-electron chi connectivity index (χ0n) is 9.33. The molecule has 90 valence electrons. The van der Waals surface area contributed by atoms with Gasteiger partial charge in [0.25, 0.3) is 5.69 Å². The molecule has 6 nitrogen and oxygen atoms in total. The van der Waals surface area contributed by atoms with E-state index >= 15 is 0 Å². The van der Waals surface area contributed by atoms with Gasteiger partial charge in [0.2, 0.25) is 0 Å². The number of aryl methyl sites for hydroxylation is 1. The molecular weight excluding hydrogens is 224 g/mol. The van der Waals surface area contributed by atoms with Crippen LogP contribution in [0.1, 0.15) is 5.56 Å². The Bertz CT molecular complexity index is 461. The number of benzene rings is 1. The highest BCUT2D eigenvalue weighted by Gasteiger charge is 2.26. The number of hydrogen-bond acceptors (Lipinski definition) is 5. The van der Waals surface area contributed by atoms with Gasteiger partial charge >= 0.3 is 0 Å². The molecule has 0 spiro atoms. The number of hydrogen-bond donors (Lipinski definition) is 0. The third-order valence-electron chi connectivity index (χ3n) is 2.75. The van der Waals surface area contributed by atoms with Crippen molar-refractivity contribution in [3.8, 4) is 0 Å². The summed E-state index contributed by atoms with van der Waals surface area (Å²) in [6.07, 6.45) is 0.142. The highest BCUT2D eigenvalue weighted by molar-refractivity contribution is 5.68. The van der Waals surface area contributed by atoms with Crippen molar-refractivity contribution >= 4 is 17.7 Å². The summed E-state index contributed by atoms with van der Waals surface area (Å²) < 4.78 is 5.23. The van der Waals surface area contributed by atoms with Gasteiger partial charge in [0.15, 0.2) is 12.5 Å². The summed E-state index contributed by atoms with van der Waals surface area (Å²) in [7, 11) is 0. The van der Waals surface area contributed by atoms with E-state index in [1.807, 2.05) is 0 Å². The summed E-state index contributed by atoms with van der Waals surface area (Å²) >= 11 is 0. The summed E-state index contributed by atoms with van der Waals surface area (Å²) in [5, 5.41) is 10.6. The lowest BCUT2D eigenvalue weighted by atomic mass is 10.1. The van der Waals surface area contributed by atoms with Crippen molar-refractivity contribution in [1.29, 1.82) is 0 Å². The molecule has 1 unspecified atom stereocenters. The molecule has 17 heavy (non-hydrogen) atoms. The zero-order chi connectivity index (χ0) is 12.4. The third-order valence-corrected chi connectivity index (χ3v) is 2.75. The van der Waals surface area contributed by atoms with Crippen molar-refractivity contribution in [3.05, 3.63) is 33.9 Å². The number of aldehydes is 1. The Balaban J connectivity index is 2.33. The number of non-ortho nitro benzene ring substituents is 1. The van der Waals surface area contributed by atoms with Crippen molar-refractivity contribution in [2.75, 3.05) is 18.1 Å². The van der Waals surface area contributed by atoms with E-state index in [0.29, 0.717) is 13.2 Å². The van der Waals surface area contributed by atoms with E-state index in [1.165, 1.54) is 12.1 Å². The predicted molar refractivity (Wildman–Crippen MR) is 61.0 cm³/mol. The van der Waals surface area contributed by atoms with Crippen LogP contribution in [0.3, 0.4) is 0 Å². The average molecular weight is 236 g/mol. The van der Waals surface area contributed by atoms with Gasteiger partial charge in [-0.25, -0.2) is 0 Å². The van der Waals surface area contributed by atoms with Crippen LogP contribution in [0.5, 0.6) is 0 Å². The number of anilines is 1. The fourth-order valence-electron chi connectivity index (χ4n) is 1.93. The Hall–Kier alpha value is -1.95. The van der Waals surface area contributed by atoms with E-state index in [-0.39, 0.29) is 5.69 Å². The number of nitro groups is 1. The van der Waals surface area contributed by atoms with Gasteiger partial charge in [0.05, 0.1) is 11.5 Å². The fourth-order valence-corrected chi connectivity index (χ4v) is 1.93. The Labute approximate surface area is 97.9 Å². The average Bonchev–Trinajstić information content (AvgIpc) is 2.76. The first-order valence-corrected chi connectivity index (χ1v) is 5.22. The van der Waals surface area contributed by atoms with Crippen LogP contribution in [0.25, 0.3) is 0 Å². The van der Waals surface area contributed by atoms with Crippen molar-refractivity contribution in [1.82, 2.24) is 0 Å². The fraction of sp³-hybridized carbons (Fsp3) is 0.364. The SMILES string of the molecule is Cc1cc([N+](=O)[O-])ccc1N1CCOC1C=O. The molecule has 1 aromatic rings. The highest BCUT2D eigenvalue weighted by atomic mass is 16.6. The number of nitro benzene ring substituents is 1. The summed E-state index contributed by atoms with van der Waals surface area (Å²) in [6.45, 7) is 2.88. The van der Waals surface area contributed by atoms with Gasteiger partial charge in [0.1, 0.15) is 0 Å². The number of rotatable bonds is 3. The summed E-state index contributed by atoms with van der Waals surface area (Å²) in [5.74, 6) is 0. The molecular formula is C11H12N2O4. The van der Waals surface area contributed by atoms with Crippen LogP contribution in [0.15, 0.2) is 18.2 Å². The molecule has 1 atom stereocenters. The van der Waals surface area contributed by atoms with Gasteiger partial charge in [0, 0.05) is 24.4 Å². The summed E-state index contributed by atoms with van der Waals surface area (Å²) in [5.41, 5.74) is 1.61. The van der Waals surface area contributed by atoms with Crippen LogP contribution in [0, 0.1) is 17.0 Å². The predicted octanol–water partition coefficient (Wildman–Crippen LogP) is 1.26. The second-order valence-electron chi connectivity index (χ2n) is 3.82. The van der Waals surface area contributed by atoms with Gasteiger partial charge < -0.3 is 9.64 Å². The number of carbonyl (C=O) groups is 1. The highest BCUT2D eigenvalue weighted by Crippen LogP contribution is 2.27. The van der Waals surface area contributed by atoms with Crippen LogP contribution in [0.2, 0.25) is 0 Å². The molecule has 6 heteroatoms. The Morgan fingerprint density at radius 2 is 2.35 bits per heavy atom. The monoisotopic (exact) mass is 236 g/mol. The van der Waals surface area contributed by atoms with Crippen LogP contribution < -0.4 is 4.90 Å². The molecule has 0 aromatic heterocycles. The quantitative estimate of drug-likeness (QED) is 0.449. The standard InChI is InChI=1S/C11H12N2O4/c1-8-6-9(13(15)16)2-3-10(8)12-4-5-17-11(12)7-14/h2-3,6-7,11H,4-5H2,1H3. The largest absolute Gasteiger partial charge is 0.349 e. The topological polar surface area (TPSA) is 72.7 Å². The minimum Gasteiger partial charge on any atom is -0.349 e. The van der Waals surface area contributed by atoms with Crippen molar-refractivity contribution in [3.63, 3.8) is 0 Å². The Morgan fingerprint density at radius 3 is 2.94 bits per heavy atom. The van der Waals surface area contributed by atoms with E-state index in [2.05, 4.69) is 0 Å². The summed E-state index contributed by atoms with van der Waals surface area (Å²) in [4.78, 5) is 22.8. The molecule has 0 N–H and O–H groups in total. The first kappa shape index (κ1) is 11.5. The summed E-state index contributed by atoms with van der Waals surface area (Å²) in [6, 6.07) is 4.58. The van der Waals surface area contributed by atoms with Crippen molar-refractivity contribution < 1.29 is 14.5 Å². The maximum atomic E-state index is 10.8. The Kier molecular flexibility index (Phi) is 3.06. The number of ether oxygens (including phenoxy) is 1. The molecule has 0 aliphatic carbocycles. The smallest absolute Gasteiger partial charge is 0.269 e. The van der Waals surface area contributed by atoms with Crippen molar-refractivity contribution in [2.45, 2.75) is 13.2 Å². The van der Waals surface area contributed by atoms with E-state index in [1.54, 1.807) is 17.9 Å². The van der Waals surface area contributed by atoms with Gasteiger partial charge in [-0.1, -0.05) is 0 Å². The maximum Gasteiger partial charge on any atom is 0.269 e. The molecule has 2 rings (SSSR count). The molecule has 1 aromatic carbocycles. The number of carbonyl (C=O) groups excluding carboxylic acids is 1. The first-order chi connectivity index (χ1) is 8.13. The van der Waals surface area contributed by atoms with Gasteiger partial charge in [-0.15, -0.1) is 0 Å². The lowest BCUT2D eigenvalue weighted by Crippen LogP contribution is -2.31. The number of nitrogens with zero attached hydrogens (tertiary/aromatic N) is 2. The molecule has 1 saturated heterocycles. The first-order valence-electron chi connectivity index (χ1n) is 5.22. The van der Waals surface area contributed by atoms with E-state index in [0.717, 1.165) is 17.5 Å². The molecule has 0 saturated carbocycles. The van der Waals surface area contributed by atoms with E-state index in [4.69, 9.17) is 4.74 Å². The molecule has 1 heterocycles. The van der Waals surface area contributed by atoms with Crippen LogP contribution in [-0.2, 0) is 9.53 Å². The van der Waals surface area contributed by atoms with Gasteiger partial charge in [-0.2, -0.15) is 0 Å². The molecule has 1 fully saturated rings. The minimum absolute atomic E-state index is 0.0500. The molecule has 0 radical (unpaired) electrons. The van der Waals surface area contributed by atoms with Gasteiger partial charge in [-0.3, -0.25) is 14.9 Å². The maximum absolute atomic E-state index is 10.8. The lowest BCUT2D eigenvalue weighted by Gasteiger charge is -2.22. The van der Waals surface area contributed by atoms with Crippen LogP contribution in [0.4, 0.5) is 11.4 Å². The third kappa shape index (κ3) is 2.12. The minimum atomic E-state index is -0.588. The second kappa shape index (κ2) is 4.50. The lowest BCUT2D eigenvalue weighted by molar-refractivity contribution is -0.384.